The minimum absolute atomic E-state index is 0.0859. The number of aromatic nitrogens is 2. The number of carbonyl (C=O) groups is 1. The summed E-state index contributed by atoms with van der Waals surface area (Å²) in [6.07, 6.45) is 1.04. The lowest BCUT2D eigenvalue weighted by molar-refractivity contribution is -0.385. The maximum absolute atomic E-state index is 12.3. The molecule has 3 aromatic rings. The van der Waals surface area contributed by atoms with Gasteiger partial charge in [0.15, 0.2) is 0 Å². The van der Waals surface area contributed by atoms with Crippen LogP contribution in [0.4, 0.5) is 5.69 Å². The molecule has 0 saturated heterocycles. The maximum Gasteiger partial charge on any atom is 0.286 e. The van der Waals surface area contributed by atoms with Crippen LogP contribution in [-0.4, -0.2) is 20.4 Å². The Bertz CT molecular complexity index is 1080. The van der Waals surface area contributed by atoms with Crippen molar-refractivity contribution in [2.75, 3.05) is 0 Å². The van der Waals surface area contributed by atoms with E-state index in [1.54, 1.807) is 12.1 Å². The molecule has 8 nitrogen and oxygen atoms in total. The van der Waals surface area contributed by atoms with Crippen molar-refractivity contribution in [2.45, 2.75) is 6.54 Å². The number of primary amides is 1. The van der Waals surface area contributed by atoms with E-state index in [-0.39, 0.29) is 11.7 Å². The number of rotatable bonds is 4. The van der Waals surface area contributed by atoms with Gasteiger partial charge in [-0.25, -0.2) is 4.98 Å². The summed E-state index contributed by atoms with van der Waals surface area (Å²) in [6.45, 7) is -0.0859. The molecule has 2 aromatic heterocycles. The predicted octanol–water partition coefficient (Wildman–Crippen LogP) is 2.11. The highest BCUT2D eigenvalue weighted by Gasteiger charge is 2.18. The standard InChI is InChI=1S/C16H11ClN4O4/c17-14-10(5-9-3-1-2-4-13(9)19-14)7-20-8-11(21(24)25)6-12(15(18)22)16(20)23/h1-6,8H,7H2,(H2,18,22). The normalized spacial score (nSPS) is 10.8. The van der Waals surface area contributed by atoms with Crippen molar-refractivity contribution in [2.24, 2.45) is 5.73 Å². The Balaban J connectivity index is 2.14. The molecular formula is C16H11ClN4O4. The predicted molar refractivity (Wildman–Crippen MR) is 91.7 cm³/mol. The van der Waals surface area contributed by atoms with Crippen molar-refractivity contribution in [3.05, 3.63) is 79.3 Å². The fourth-order valence-electron chi connectivity index (χ4n) is 2.44. The van der Waals surface area contributed by atoms with Crippen LogP contribution in [0.2, 0.25) is 5.15 Å². The van der Waals surface area contributed by atoms with Crippen molar-refractivity contribution < 1.29 is 9.72 Å². The highest BCUT2D eigenvalue weighted by Crippen LogP contribution is 2.21. The molecule has 25 heavy (non-hydrogen) atoms. The van der Waals surface area contributed by atoms with E-state index in [0.29, 0.717) is 11.1 Å². The van der Waals surface area contributed by atoms with Crippen molar-refractivity contribution in [3.63, 3.8) is 0 Å². The van der Waals surface area contributed by atoms with E-state index in [2.05, 4.69) is 4.98 Å². The molecule has 0 aliphatic carbocycles. The van der Waals surface area contributed by atoms with Gasteiger partial charge in [-0.15, -0.1) is 0 Å². The molecule has 1 amide bonds. The summed E-state index contributed by atoms with van der Waals surface area (Å²) < 4.78 is 1.02. The zero-order chi connectivity index (χ0) is 18.1. The minimum Gasteiger partial charge on any atom is -0.365 e. The molecular weight excluding hydrogens is 348 g/mol. The molecule has 1 aromatic carbocycles. The van der Waals surface area contributed by atoms with E-state index < -0.39 is 27.6 Å². The number of para-hydroxylation sites is 1. The fourth-order valence-corrected chi connectivity index (χ4v) is 2.65. The number of hydrogen-bond acceptors (Lipinski definition) is 5. The third-order valence-electron chi connectivity index (χ3n) is 3.64. The Labute approximate surface area is 145 Å². The van der Waals surface area contributed by atoms with Gasteiger partial charge in [-0.2, -0.15) is 0 Å². The zero-order valence-electron chi connectivity index (χ0n) is 12.7. The molecule has 0 aliphatic heterocycles. The van der Waals surface area contributed by atoms with E-state index in [1.165, 1.54) is 0 Å². The second-order valence-corrected chi connectivity index (χ2v) is 5.66. The minimum atomic E-state index is -1.04. The summed E-state index contributed by atoms with van der Waals surface area (Å²) in [6, 6.07) is 9.85. The van der Waals surface area contributed by atoms with Gasteiger partial charge in [0.1, 0.15) is 10.7 Å². The van der Waals surface area contributed by atoms with Crippen molar-refractivity contribution >= 4 is 34.1 Å². The van der Waals surface area contributed by atoms with Gasteiger partial charge in [0.25, 0.3) is 17.2 Å². The van der Waals surface area contributed by atoms with Crippen LogP contribution in [0.15, 0.2) is 47.4 Å². The molecule has 0 spiro atoms. The maximum atomic E-state index is 12.3. The smallest absolute Gasteiger partial charge is 0.286 e. The molecule has 126 valence electrons. The lowest BCUT2D eigenvalue weighted by Gasteiger charge is -2.10. The number of nitrogens with zero attached hydrogens (tertiary/aromatic N) is 3. The molecule has 0 bridgehead atoms. The summed E-state index contributed by atoms with van der Waals surface area (Å²) in [5.74, 6) is -1.04. The van der Waals surface area contributed by atoms with Crippen LogP contribution >= 0.6 is 11.6 Å². The van der Waals surface area contributed by atoms with Gasteiger partial charge < -0.3 is 10.3 Å². The topological polar surface area (TPSA) is 121 Å². The van der Waals surface area contributed by atoms with Crippen LogP contribution in [0.25, 0.3) is 10.9 Å². The van der Waals surface area contributed by atoms with Gasteiger partial charge in [-0.05, 0) is 12.1 Å². The van der Waals surface area contributed by atoms with E-state index in [1.807, 2.05) is 18.2 Å². The monoisotopic (exact) mass is 358 g/mol. The summed E-state index contributed by atoms with van der Waals surface area (Å²) in [7, 11) is 0. The first-order valence-corrected chi connectivity index (χ1v) is 7.47. The summed E-state index contributed by atoms with van der Waals surface area (Å²) in [5.41, 5.74) is 4.69. The van der Waals surface area contributed by atoms with Gasteiger partial charge in [-0.3, -0.25) is 19.7 Å². The third-order valence-corrected chi connectivity index (χ3v) is 3.97. The molecule has 0 saturated carbocycles. The number of fused-ring (bicyclic) bond motifs is 1. The van der Waals surface area contributed by atoms with Crippen LogP contribution in [0, 0.1) is 10.1 Å². The third kappa shape index (κ3) is 3.20. The molecule has 0 atom stereocenters. The SMILES string of the molecule is NC(=O)c1cc([N+](=O)[O-])cn(Cc2cc3ccccc3nc2Cl)c1=O. The fraction of sp³-hybridized carbons (Fsp3) is 0.0625. The van der Waals surface area contributed by atoms with Gasteiger partial charge >= 0.3 is 0 Å². The lowest BCUT2D eigenvalue weighted by atomic mass is 10.1. The van der Waals surface area contributed by atoms with Gasteiger partial charge in [0.05, 0.1) is 23.2 Å². The molecule has 0 radical (unpaired) electrons. The van der Waals surface area contributed by atoms with Crippen LogP contribution in [0.3, 0.4) is 0 Å². The van der Waals surface area contributed by atoms with E-state index in [9.17, 15) is 19.7 Å². The van der Waals surface area contributed by atoms with Crippen LogP contribution in [0.1, 0.15) is 15.9 Å². The van der Waals surface area contributed by atoms with E-state index in [0.717, 1.165) is 22.2 Å². The Morgan fingerprint density at radius 3 is 2.72 bits per heavy atom. The first kappa shape index (κ1) is 16.6. The number of nitro groups is 1. The van der Waals surface area contributed by atoms with Crippen molar-refractivity contribution in [3.8, 4) is 0 Å². The zero-order valence-corrected chi connectivity index (χ0v) is 13.4. The second-order valence-electron chi connectivity index (χ2n) is 5.30. The number of benzene rings is 1. The summed E-state index contributed by atoms with van der Waals surface area (Å²) in [5, 5.41) is 12.0. The molecule has 0 fully saturated rings. The number of halogens is 1. The number of hydrogen-bond donors (Lipinski definition) is 1. The largest absolute Gasteiger partial charge is 0.365 e. The average molecular weight is 359 g/mol. The lowest BCUT2D eigenvalue weighted by Crippen LogP contribution is -2.30. The quantitative estimate of drug-likeness (QED) is 0.435. The second kappa shape index (κ2) is 6.33. The first-order chi connectivity index (χ1) is 11.9. The van der Waals surface area contributed by atoms with Crippen molar-refractivity contribution in [1.82, 2.24) is 9.55 Å². The highest BCUT2D eigenvalue weighted by molar-refractivity contribution is 6.30. The van der Waals surface area contributed by atoms with Gasteiger partial charge in [0, 0.05) is 17.0 Å². The van der Waals surface area contributed by atoms with Crippen LogP contribution < -0.4 is 11.3 Å². The molecule has 2 N–H and O–H groups in total. The molecule has 2 heterocycles. The molecule has 3 rings (SSSR count). The van der Waals surface area contributed by atoms with E-state index >= 15 is 0 Å². The van der Waals surface area contributed by atoms with Crippen LogP contribution in [0.5, 0.6) is 0 Å². The molecule has 0 unspecified atom stereocenters. The highest BCUT2D eigenvalue weighted by atomic mass is 35.5. The number of carbonyl (C=O) groups excluding carboxylic acids is 1. The number of amides is 1. The Morgan fingerprint density at radius 2 is 2.04 bits per heavy atom. The Hall–Kier alpha value is -3.26. The van der Waals surface area contributed by atoms with Crippen LogP contribution in [-0.2, 0) is 6.54 Å². The van der Waals surface area contributed by atoms with Crippen molar-refractivity contribution in [1.29, 1.82) is 0 Å². The first-order valence-electron chi connectivity index (χ1n) is 7.09. The summed E-state index contributed by atoms with van der Waals surface area (Å²) >= 11 is 6.16. The average Bonchev–Trinajstić information content (AvgIpc) is 2.56. The van der Waals surface area contributed by atoms with Gasteiger partial charge in [-0.1, -0.05) is 29.8 Å². The summed E-state index contributed by atoms with van der Waals surface area (Å²) in [4.78, 5) is 38.3. The Morgan fingerprint density at radius 1 is 1.32 bits per heavy atom. The van der Waals surface area contributed by atoms with E-state index in [4.69, 9.17) is 17.3 Å². The van der Waals surface area contributed by atoms with Gasteiger partial charge in [0.2, 0.25) is 0 Å². The number of nitrogens with two attached hydrogens (primary N) is 1. The molecule has 9 heteroatoms. The molecule has 0 aliphatic rings. The Kier molecular flexibility index (Phi) is 4.20. The number of pyridine rings is 2.